The van der Waals surface area contributed by atoms with Crippen LogP contribution in [0.3, 0.4) is 0 Å². The van der Waals surface area contributed by atoms with E-state index < -0.39 is 0 Å². The minimum Gasteiger partial charge on any atom is -0.354 e. The zero-order chi connectivity index (χ0) is 23.3. The number of nitrogens with one attached hydrogen (secondary N) is 3. The third kappa shape index (κ3) is 5.85. The fourth-order valence-corrected chi connectivity index (χ4v) is 4.21. The number of hydrogen-bond donors (Lipinski definition) is 3. The van der Waals surface area contributed by atoms with E-state index in [1.165, 1.54) is 22.1 Å². The smallest absolute Gasteiger partial charge is 0.269 e. The summed E-state index contributed by atoms with van der Waals surface area (Å²) in [7, 11) is 5.39. The zero-order valence-corrected chi connectivity index (χ0v) is 19.5. The van der Waals surface area contributed by atoms with Gasteiger partial charge in [-0.1, -0.05) is 41.7 Å². The second-order valence-electron chi connectivity index (χ2n) is 7.77. The number of aryl methyl sites for hydroxylation is 2. The molecule has 3 aromatic rings. The van der Waals surface area contributed by atoms with E-state index in [1.54, 1.807) is 7.05 Å². The van der Waals surface area contributed by atoms with Crippen LogP contribution in [0, 0.1) is 6.92 Å². The minimum atomic E-state index is -0.341. The quantitative estimate of drug-likeness (QED) is 0.454. The highest BCUT2D eigenvalue weighted by Gasteiger charge is 2.19. The number of anilines is 1. The molecule has 0 aliphatic rings. The summed E-state index contributed by atoms with van der Waals surface area (Å²) in [5, 5.41) is 9.25. The highest BCUT2D eigenvalue weighted by Crippen LogP contribution is 2.24. The maximum atomic E-state index is 12.7. The van der Waals surface area contributed by atoms with E-state index >= 15 is 0 Å². The Kier molecular flexibility index (Phi) is 7.47. The maximum absolute atomic E-state index is 12.7. The van der Waals surface area contributed by atoms with E-state index in [9.17, 15) is 14.4 Å². The molecule has 0 spiro atoms. The van der Waals surface area contributed by atoms with Crippen molar-refractivity contribution in [1.82, 2.24) is 25.4 Å². The van der Waals surface area contributed by atoms with Gasteiger partial charge in [0.15, 0.2) is 5.13 Å². The number of thiazole rings is 1. The molecule has 0 aliphatic heterocycles. The van der Waals surface area contributed by atoms with Gasteiger partial charge >= 0.3 is 0 Å². The van der Waals surface area contributed by atoms with Gasteiger partial charge in [-0.15, -0.1) is 0 Å². The first-order chi connectivity index (χ1) is 15.2. The summed E-state index contributed by atoms with van der Waals surface area (Å²) in [6, 6.07) is 10.9. The summed E-state index contributed by atoms with van der Waals surface area (Å²) in [6.45, 7) is 2.20. The molecule has 1 atom stereocenters. The molecule has 2 amide bonds. The molecule has 3 N–H and O–H groups in total. The Hall–Kier alpha value is -3.40. The van der Waals surface area contributed by atoms with Crippen molar-refractivity contribution in [2.24, 2.45) is 7.05 Å². The van der Waals surface area contributed by atoms with Crippen molar-refractivity contribution in [2.75, 3.05) is 25.5 Å². The maximum Gasteiger partial charge on any atom is 0.269 e. The second-order valence-corrected chi connectivity index (χ2v) is 8.75. The summed E-state index contributed by atoms with van der Waals surface area (Å²) in [5.41, 5.74) is 1.69. The Morgan fingerprint density at radius 1 is 1.22 bits per heavy atom. The van der Waals surface area contributed by atoms with Crippen molar-refractivity contribution in [2.45, 2.75) is 25.8 Å². The molecule has 170 valence electrons. The molecule has 0 saturated heterocycles. The number of aromatic amines is 1. The zero-order valence-electron chi connectivity index (χ0n) is 18.6. The first-order valence-corrected chi connectivity index (χ1v) is 11.1. The minimum absolute atomic E-state index is 0.175. The van der Waals surface area contributed by atoms with Crippen LogP contribution < -0.4 is 21.1 Å². The van der Waals surface area contributed by atoms with Gasteiger partial charge in [-0.25, -0.2) is 4.98 Å². The third-order valence-electron chi connectivity index (χ3n) is 4.95. The largest absolute Gasteiger partial charge is 0.354 e. The third-order valence-corrected chi connectivity index (χ3v) is 6.28. The fraction of sp³-hybridized carbons (Fsp3) is 0.364. The number of hydrogen-bond acceptors (Lipinski definition) is 6. The van der Waals surface area contributed by atoms with Gasteiger partial charge in [0.25, 0.3) is 17.4 Å². The van der Waals surface area contributed by atoms with Crippen LogP contribution in [-0.2, 0) is 13.5 Å². The van der Waals surface area contributed by atoms with E-state index in [-0.39, 0.29) is 29.1 Å². The van der Waals surface area contributed by atoms with Crippen molar-refractivity contribution in [1.29, 1.82) is 0 Å². The molecule has 0 radical (unpaired) electrons. The van der Waals surface area contributed by atoms with Crippen molar-refractivity contribution in [3.05, 3.63) is 68.6 Å². The van der Waals surface area contributed by atoms with Gasteiger partial charge < -0.3 is 15.5 Å². The monoisotopic (exact) mass is 456 g/mol. The second kappa shape index (κ2) is 10.3. The lowest BCUT2D eigenvalue weighted by atomic mass is 10.0. The number of rotatable bonds is 9. The van der Waals surface area contributed by atoms with Gasteiger partial charge in [0.05, 0.1) is 5.69 Å². The van der Waals surface area contributed by atoms with Crippen molar-refractivity contribution < 1.29 is 9.59 Å². The highest BCUT2D eigenvalue weighted by atomic mass is 32.1. The number of amides is 2. The van der Waals surface area contributed by atoms with Gasteiger partial charge in [0.2, 0.25) is 0 Å². The molecule has 2 aromatic heterocycles. The van der Waals surface area contributed by atoms with Gasteiger partial charge in [0.1, 0.15) is 10.6 Å². The van der Waals surface area contributed by atoms with Gasteiger partial charge in [-0.3, -0.25) is 24.2 Å². The SMILES string of the molecule is Cc1nc(N(C)C)sc1C(=O)NCCC(Cc1ccccc1)NC(=O)c1cc(=O)[nH]n1C. The topological polar surface area (TPSA) is 112 Å². The Morgan fingerprint density at radius 3 is 2.53 bits per heavy atom. The number of aromatic nitrogens is 3. The van der Waals surface area contributed by atoms with Crippen molar-refractivity contribution in [3.63, 3.8) is 0 Å². The lowest BCUT2D eigenvalue weighted by Crippen LogP contribution is -2.40. The Bertz CT molecular complexity index is 1130. The lowest BCUT2D eigenvalue weighted by Gasteiger charge is -2.19. The molecular weight excluding hydrogens is 428 g/mol. The van der Waals surface area contributed by atoms with Gasteiger partial charge in [-0.05, 0) is 25.3 Å². The van der Waals surface area contributed by atoms with Crippen molar-refractivity contribution >= 4 is 28.3 Å². The Labute approximate surface area is 190 Å². The van der Waals surface area contributed by atoms with E-state index in [2.05, 4.69) is 20.7 Å². The number of carbonyl (C=O) groups is 2. The predicted molar refractivity (Wildman–Crippen MR) is 126 cm³/mol. The van der Waals surface area contributed by atoms with Crippen LogP contribution >= 0.6 is 11.3 Å². The first-order valence-electron chi connectivity index (χ1n) is 10.3. The van der Waals surface area contributed by atoms with E-state index in [0.717, 1.165) is 10.7 Å². The van der Waals surface area contributed by atoms with Crippen LogP contribution in [-0.4, -0.2) is 53.3 Å². The first kappa shape index (κ1) is 23.3. The summed E-state index contributed by atoms with van der Waals surface area (Å²) in [5.74, 6) is -0.516. The van der Waals surface area contributed by atoms with Crippen LogP contribution in [0.15, 0.2) is 41.2 Å². The molecule has 0 aliphatic carbocycles. The number of carbonyl (C=O) groups excluding carboxylic acids is 2. The average molecular weight is 457 g/mol. The van der Waals surface area contributed by atoms with Gasteiger partial charge in [-0.2, -0.15) is 0 Å². The molecule has 0 fully saturated rings. The summed E-state index contributed by atoms with van der Waals surface area (Å²) >= 11 is 1.35. The van der Waals surface area contributed by atoms with E-state index in [4.69, 9.17) is 0 Å². The van der Waals surface area contributed by atoms with Gasteiger partial charge in [0, 0.05) is 39.8 Å². The van der Waals surface area contributed by atoms with E-state index in [1.807, 2.05) is 56.3 Å². The summed E-state index contributed by atoms with van der Waals surface area (Å²) in [4.78, 5) is 43.8. The van der Waals surface area contributed by atoms with Crippen LogP contribution in [0.25, 0.3) is 0 Å². The molecule has 2 heterocycles. The van der Waals surface area contributed by atoms with Crippen LogP contribution in [0.2, 0.25) is 0 Å². The fourth-order valence-electron chi connectivity index (χ4n) is 3.30. The lowest BCUT2D eigenvalue weighted by molar-refractivity contribution is 0.0924. The number of H-pyrrole nitrogens is 1. The normalized spacial score (nSPS) is 11.8. The molecular formula is C22H28N6O3S. The Balaban J connectivity index is 1.65. The number of benzene rings is 1. The molecule has 10 heteroatoms. The summed E-state index contributed by atoms with van der Waals surface area (Å²) in [6.07, 6.45) is 1.13. The van der Waals surface area contributed by atoms with Crippen LogP contribution in [0.1, 0.15) is 37.8 Å². The Morgan fingerprint density at radius 2 is 1.94 bits per heavy atom. The average Bonchev–Trinajstić information content (AvgIpc) is 3.30. The summed E-state index contributed by atoms with van der Waals surface area (Å²) < 4.78 is 1.40. The van der Waals surface area contributed by atoms with Crippen LogP contribution in [0.5, 0.6) is 0 Å². The predicted octanol–water partition coefficient (Wildman–Crippen LogP) is 1.71. The molecule has 0 saturated carbocycles. The van der Waals surface area contributed by atoms with Crippen molar-refractivity contribution in [3.8, 4) is 0 Å². The molecule has 1 unspecified atom stereocenters. The molecule has 0 bridgehead atoms. The molecule has 1 aromatic carbocycles. The molecule has 32 heavy (non-hydrogen) atoms. The highest BCUT2D eigenvalue weighted by molar-refractivity contribution is 7.17. The van der Waals surface area contributed by atoms with Crippen LogP contribution in [0.4, 0.5) is 5.13 Å². The van der Waals surface area contributed by atoms with E-state index in [0.29, 0.717) is 30.0 Å². The molecule has 3 rings (SSSR count). The number of nitrogens with zero attached hydrogens (tertiary/aromatic N) is 3. The molecule has 9 nitrogen and oxygen atoms in total. The standard InChI is InChI=1S/C22H28N6O3S/c1-14-19(32-22(24-14)27(2)3)21(31)23-11-10-16(12-15-8-6-5-7-9-15)25-20(30)17-13-18(29)26-28(17)4/h5-9,13,16H,10-12H2,1-4H3,(H,23,31)(H,25,30)(H,26,29).